The highest BCUT2D eigenvalue weighted by atomic mass is 32.2. The minimum atomic E-state index is -3.58. The number of carbonyl (C=O) groups excluding carboxylic acids is 2. The third kappa shape index (κ3) is 5.42. The SMILES string of the molecule is CC1CCN(S(=O)(=O)c2ccc3c(c2)CCCC(=O)N3CC(=O)NCc2cccnc2)CC1. The summed E-state index contributed by atoms with van der Waals surface area (Å²) in [6, 6.07) is 8.58. The van der Waals surface area contributed by atoms with Crippen molar-refractivity contribution in [3.05, 3.63) is 53.9 Å². The molecule has 3 heterocycles. The molecule has 0 saturated carbocycles. The first-order chi connectivity index (χ1) is 15.8. The molecule has 0 radical (unpaired) electrons. The normalized spacial score (nSPS) is 18.0. The number of hydrogen-bond acceptors (Lipinski definition) is 5. The largest absolute Gasteiger partial charge is 0.350 e. The zero-order valence-corrected chi connectivity index (χ0v) is 19.7. The first-order valence-electron chi connectivity index (χ1n) is 11.4. The van der Waals surface area contributed by atoms with E-state index in [2.05, 4.69) is 17.2 Å². The Kier molecular flexibility index (Phi) is 7.09. The Labute approximate surface area is 195 Å². The van der Waals surface area contributed by atoms with Gasteiger partial charge in [-0.25, -0.2) is 8.42 Å². The van der Waals surface area contributed by atoms with Gasteiger partial charge in [0.2, 0.25) is 21.8 Å². The summed E-state index contributed by atoms with van der Waals surface area (Å²) in [5.74, 6) is 0.123. The van der Waals surface area contributed by atoms with Crippen LogP contribution in [0, 0.1) is 5.92 Å². The average Bonchev–Trinajstić information content (AvgIpc) is 2.97. The fourth-order valence-corrected chi connectivity index (χ4v) is 5.86. The van der Waals surface area contributed by atoms with Gasteiger partial charge in [-0.3, -0.25) is 14.6 Å². The quantitative estimate of drug-likeness (QED) is 0.699. The van der Waals surface area contributed by atoms with Crippen LogP contribution in [0.3, 0.4) is 0 Å². The van der Waals surface area contributed by atoms with Crippen molar-refractivity contribution in [3.63, 3.8) is 0 Å². The number of nitrogens with one attached hydrogen (secondary N) is 1. The summed E-state index contributed by atoms with van der Waals surface area (Å²) >= 11 is 0. The Bertz CT molecular complexity index is 1110. The lowest BCUT2D eigenvalue weighted by Gasteiger charge is -2.30. The molecular formula is C24H30N4O4S. The summed E-state index contributed by atoms with van der Waals surface area (Å²) in [5.41, 5.74) is 2.27. The number of amides is 2. The number of sulfonamides is 1. The van der Waals surface area contributed by atoms with Crippen molar-refractivity contribution in [1.82, 2.24) is 14.6 Å². The zero-order valence-electron chi connectivity index (χ0n) is 18.9. The van der Waals surface area contributed by atoms with E-state index in [9.17, 15) is 18.0 Å². The van der Waals surface area contributed by atoms with E-state index >= 15 is 0 Å². The maximum Gasteiger partial charge on any atom is 0.243 e. The number of benzene rings is 1. The number of anilines is 1. The van der Waals surface area contributed by atoms with Gasteiger partial charge in [0.05, 0.1) is 4.90 Å². The second-order valence-electron chi connectivity index (χ2n) is 8.85. The molecule has 1 aromatic carbocycles. The van der Waals surface area contributed by atoms with Crippen LogP contribution in [0.1, 0.15) is 43.7 Å². The van der Waals surface area contributed by atoms with Crippen molar-refractivity contribution in [2.45, 2.75) is 50.5 Å². The van der Waals surface area contributed by atoms with Gasteiger partial charge in [0.25, 0.3) is 0 Å². The third-order valence-corrected chi connectivity index (χ3v) is 8.27. The van der Waals surface area contributed by atoms with E-state index in [-0.39, 0.29) is 23.3 Å². The van der Waals surface area contributed by atoms with Gasteiger partial charge in [0.15, 0.2) is 0 Å². The van der Waals surface area contributed by atoms with Crippen molar-refractivity contribution in [1.29, 1.82) is 0 Å². The van der Waals surface area contributed by atoms with Gasteiger partial charge < -0.3 is 10.2 Å². The van der Waals surface area contributed by atoms with Gasteiger partial charge in [-0.1, -0.05) is 13.0 Å². The van der Waals surface area contributed by atoms with Gasteiger partial charge >= 0.3 is 0 Å². The standard InChI is InChI=1S/C24H30N4O4S/c1-18-9-12-27(13-10-18)33(31,32)21-7-8-22-20(14-21)5-2-6-24(30)28(22)17-23(29)26-16-19-4-3-11-25-15-19/h3-4,7-8,11,14-15,18H,2,5-6,9-10,12-13,16-17H2,1H3,(H,26,29). The van der Waals surface area contributed by atoms with Gasteiger partial charge in [-0.15, -0.1) is 0 Å². The molecule has 1 aromatic heterocycles. The van der Waals surface area contributed by atoms with Gasteiger partial charge in [-0.05, 0) is 67.0 Å². The smallest absolute Gasteiger partial charge is 0.243 e. The first-order valence-corrected chi connectivity index (χ1v) is 12.9. The number of hydrogen-bond donors (Lipinski definition) is 1. The van der Waals surface area contributed by atoms with Crippen LogP contribution >= 0.6 is 0 Å². The maximum absolute atomic E-state index is 13.2. The monoisotopic (exact) mass is 470 g/mol. The molecule has 176 valence electrons. The molecule has 33 heavy (non-hydrogen) atoms. The molecule has 4 rings (SSSR count). The minimum absolute atomic E-state index is 0.109. The number of carbonyl (C=O) groups is 2. The lowest BCUT2D eigenvalue weighted by Crippen LogP contribution is -2.40. The highest BCUT2D eigenvalue weighted by Gasteiger charge is 2.30. The molecule has 2 aliphatic rings. The topological polar surface area (TPSA) is 99.7 Å². The number of aromatic nitrogens is 1. The van der Waals surface area contributed by atoms with Crippen LogP contribution in [-0.4, -0.2) is 49.2 Å². The predicted molar refractivity (Wildman–Crippen MR) is 125 cm³/mol. The van der Waals surface area contributed by atoms with Crippen molar-refractivity contribution in [2.24, 2.45) is 5.92 Å². The van der Waals surface area contributed by atoms with Crippen molar-refractivity contribution < 1.29 is 18.0 Å². The molecule has 0 spiro atoms. The fraction of sp³-hybridized carbons (Fsp3) is 0.458. The lowest BCUT2D eigenvalue weighted by atomic mass is 10.0. The molecule has 9 heteroatoms. The molecule has 0 aliphatic carbocycles. The molecule has 2 aromatic rings. The second kappa shape index (κ2) is 10.0. The summed E-state index contributed by atoms with van der Waals surface area (Å²) in [7, 11) is -3.58. The molecule has 2 aliphatic heterocycles. The Hall–Kier alpha value is -2.78. The van der Waals surface area contributed by atoms with E-state index in [1.807, 2.05) is 6.07 Å². The summed E-state index contributed by atoms with van der Waals surface area (Å²) < 4.78 is 27.9. The molecule has 8 nitrogen and oxygen atoms in total. The highest BCUT2D eigenvalue weighted by Crippen LogP contribution is 2.31. The maximum atomic E-state index is 13.2. The van der Waals surface area contributed by atoms with Gasteiger partial charge in [-0.2, -0.15) is 4.31 Å². The van der Waals surface area contributed by atoms with Crippen LogP contribution in [0.25, 0.3) is 0 Å². The van der Waals surface area contributed by atoms with Crippen LogP contribution in [0.4, 0.5) is 5.69 Å². The van der Waals surface area contributed by atoms with Crippen LogP contribution < -0.4 is 10.2 Å². The highest BCUT2D eigenvalue weighted by molar-refractivity contribution is 7.89. The van der Waals surface area contributed by atoms with E-state index < -0.39 is 10.0 Å². The molecule has 1 fully saturated rings. The van der Waals surface area contributed by atoms with Gasteiger partial charge in [0, 0.05) is 44.1 Å². The number of piperidine rings is 1. The Balaban J connectivity index is 1.51. The lowest BCUT2D eigenvalue weighted by molar-refractivity contribution is -0.123. The summed E-state index contributed by atoms with van der Waals surface area (Å²) in [4.78, 5) is 31.1. The Morgan fingerprint density at radius 1 is 1.18 bits per heavy atom. The number of fused-ring (bicyclic) bond motifs is 1. The number of nitrogens with zero attached hydrogens (tertiary/aromatic N) is 3. The molecule has 1 N–H and O–H groups in total. The van der Waals surface area contributed by atoms with Crippen molar-refractivity contribution in [3.8, 4) is 0 Å². The molecule has 2 amide bonds. The van der Waals surface area contributed by atoms with Gasteiger partial charge in [0.1, 0.15) is 6.54 Å². The van der Waals surface area contributed by atoms with Crippen molar-refractivity contribution >= 4 is 27.5 Å². The number of pyridine rings is 1. The van der Waals surface area contributed by atoms with E-state index in [0.29, 0.717) is 50.5 Å². The Morgan fingerprint density at radius 2 is 1.97 bits per heavy atom. The molecule has 0 unspecified atom stereocenters. The molecule has 0 atom stereocenters. The van der Waals surface area contributed by atoms with E-state index in [4.69, 9.17) is 0 Å². The van der Waals surface area contributed by atoms with Crippen LogP contribution in [0.5, 0.6) is 0 Å². The molecular weight excluding hydrogens is 440 g/mol. The molecule has 0 bridgehead atoms. The number of rotatable bonds is 6. The first kappa shape index (κ1) is 23.4. The summed E-state index contributed by atoms with van der Waals surface area (Å²) in [6.07, 6.45) is 6.59. The molecule has 1 saturated heterocycles. The number of aryl methyl sites for hydroxylation is 1. The summed E-state index contributed by atoms with van der Waals surface area (Å²) in [5, 5.41) is 2.82. The second-order valence-corrected chi connectivity index (χ2v) is 10.8. The van der Waals surface area contributed by atoms with E-state index in [1.54, 1.807) is 41.0 Å². The minimum Gasteiger partial charge on any atom is -0.350 e. The fourth-order valence-electron chi connectivity index (χ4n) is 4.34. The summed E-state index contributed by atoms with van der Waals surface area (Å²) in [6.45, 7) is 3.42. The van der Waals surface area contributed by atoms with E-state index in [1.165, 1.54) is 4.90 Å². The third-order valence-electron chi connectivity index (χ3n) is 6.37. The van der Waals surface area contributed by atoms with Crippen LogP contribution in [-0.2, 0) is 32.6 Å². The zero-order chi connectivity index (χ0) is 23.4. The van der Waals surface area contributed by atoms with E-state index in [0.717, 1.165) is 24.0 Å². The van der Waals surface area contributed by atoms with Crippen molar-refractivity contribution in [2.75, 3.05) is 24.5 Å². The predicted octanol–water partition coefficient (Wildman–Crippen LogP) is 2.49. The Morgan fingerprint density at radius 3 is 2.70 bits per heavy atom. The average molecular weight is 471 g/mol. The van der Waals surface area contributed by atoms with Crippen LogP contribution in [0.2, 0.25) is 0 Å². The van der Waals surface area contributed by atoms with Crippen LogP contribution in [0.15, 0.2) is 47.6 Å².